The van der Waals surface area contributed by atoms with Gasteiger partial charge in [0.2, 0.25) is 5.91 Å². The molecule has 18 heavy (non-hydrogen) atoms. The molecule has 1 aliphatic heterocycles. The van der Waals surface area contributed by atoms with Crippen LogP contribution in [0.15, 0.2) is 10.6 Å². The fourth-order valence-corrected chi connectivity index (χ4v) is 4.56. The molecule has 0 N–H and O–H groups in total. The number of nitrogens with zero attached hydrogens (tertiary/aromatic N) is 2. The first kappa shape index (κ1) is 13.3. The van der Waals surface area contributed by atoms with E-state index in [0.29, 0.717) is 0 Å². The number of amides is 1. The molecule has 2 rings (SSSR count). The summed E-state index contributed by atoms with van der Waals surface area (Å²) in [4.78, 5) is 14.3. The highest BCUT2D eigenvalue weighted by Crippen LogP contribution is 2.49. The summed E-state index contributed by atoms with van der Waals surface area (Å²) in [5.41, 5.74) is 0.862. The van der Waals surface area contributed by atoms with Crippen molar-refractivity contribution >= 4 is 14.7 Å². The molecule has 1 amide bonds. The lowest BCUT2D eigenvalue weighted by Crippen LogP contribution is -2.62. The molecule has 1 aromatic heterocycles. The maximum absolute atomic E-state index is 12.3. The van der Waals surface area contributed by atoms with Crippen molar-refractivity contribution in [3.63, 3.8) is 0 Å². The first-order chi connectivity index (χ1) is 8.23. The number of aromatic nitrogens is 1. The van der Waals surface area contributed by atoms with Crippen LogP contribution >= 0.6 is 0 Å². The summed E-state index contributed by atoms with van der Waals surface area (Å²) < 4.78 is 5.40. The van der Waals surface area contributed by atoms with Gasteiger partial charge in [-0.05, 0) is 27.7 Å². The van der Waals surface area contributed by atoms with Crippen LogP contribution in [0.4, 0.5) is 0 Å². The van der Waals surface area contributed by atoms with E-state index in [1.807, 2.05) is 17.9 Å². The third-order valence-electron chi connectivity index (χ3n) is 3.52. The highest BCUT2D eigenvalue weighted by atomic mass is 28.3. The Labute approximate surface area is 110 Å². The van der Waals surface area contributed by atoms with Crippen LogP contribution in [0.3, 0.4) is 0 Å². The highest BCUT2D eigenvalue weighted by Gasteiger charge is 2.55. The van der Waals surface area contributed by atoms with Gasteiger partial charge in [-0.3, -0.25) is 4.79 Å². The van der Waals surface area contributed by atoms with Gasteiger partial charge < -0.3 is 9.42 Å². The number of β-lactam (4-membered cyclic amide) rings is 1. The van der Waals surface area contributed by atoms with Crippen molar-refractivity contribution in [1.29, 1.82) is 0 Å². The Morgan fingerprint density at radius 2 is 2.00 bits per heavy atom. The molecule has 0 radical (unpaired) electrons. The topological polar surface area (TPSA) is 46.3 Å². The zero-order valence-corrected chi connectivity index (χ0v) is 13.2. The van der Waals surface area contributed by atoms with E-state index in [9.17, 15) is 4.79 Å². The van der Waals surface area contributed by atoms with E-state index in [1.54, 1.807) is 0 Å². The molecule has 1 aliphatic rings. The van der Waals surface area contributed by atoms with Crippen molar-refractivity contribution in [2.24, 2.45) is 0 Å². The predicted octanol–water partition coefficient (Wildman–Crippen LogP) is 2.52. The van der Waals surface area contributed by atoms with Crippen molar-refractivity contribution in [2.45, 2.75) is 57.9 Å². The predicted molar refractivity (Wildman–Crippen MR) is 73.2 cm³/mol. The molecule has 0 spiro atoms. The second kappa shape index (κ2) is 4.22. The van der Waals surface area contributed by atoms with Crippen LogP contribution in [0.25, 0.3) is 0 Å². The number of rotatable bonds is 2. The van der Waals surface area contributed by atoms with Crippen LogP contribution in [0.2, 0.25) is 18.6 Å². The lowest BCUT2D eigenvalue weighted by Gasteiger charge is -2.54. The van der Waals surface area contributed by atoms with Gasteiger partial charge in [0.25, 0.3) is 0 Å². The van der Waals surface area contributed by atoms with Crippen LogP contribution in [-0.2, 0) is 4.79 Å². The molecule has 2 atom stereocenters. The lowest BCUT2D eigenvalue weighted by molar-refractivity contribution is -0.156. The number of likely N-dealkylation sites (tertiary alicyclic amines) is 1. The Balaban J connectivity index is 2.36. The monoisotopic (exact) mass is 266 g/mol. The molecule has 1 fully saturated rings. The summed E-state index contributed by atoms with van der Waals surface area (Å²) in [5.74, 6) is 1.12. The van der Waals surface area contributed by atoms with Crippen LogP contribution in [0.5, 0.6) is 0 Å². The molecular weight excluding hydrogens is 244 g/mol. The Hall–Kier alpha value is -1.10. The van der Waals surface area contributed by atoms with E-state index in [-0.39, 0.29) is 23.0 Å². The van der Waals surface area contributed by atoms with Gasteiger partial charge in [0.1, 0.15) is 6.04 Å². The van der Waals surface area contributed by atoms with Crippen LogP contribution in [0.1, 0.15) is 38.3 Å². The van der Waals surface area contributed by atoms with E-state index < -0.39 is 8.80 Å². The van der Waals surface area contributed by atoms with Crippen molar-refractivity contribution in [2.75, 3.05) is 0 Å². The zero-order chi connectivity index (χ0) is 13.7. The fourth-order valence-electron chi connectivity index (χ4n) is 2.74. The van der Waals surface area contributed by atoms with Gasteiger partial charge in [-0.25, -0.2) is 0 Å². The summed E-state index contributed by atoms with van der Waals surface area (Å²) in [6, 6.07) is 2.05. The molecule has 5 heteroatoms. The maximum Gasteiger partial charge on any atom is 0.226 e. The largest absolute Gasteiger partial charge is 0.359 e. The standard InChI is InChI=1S/C13H22N2O2Si/c1-8-7-9(17-14-8)10-11(18(5)6)12(16)15(10)13(2,3)4/h7,10-11,18H,1-6H3/t10-,11?/m0/s1. The molecule has 4 nitrogen and oxygen atoms in total. The number of carbonyl (C=O) groups is 1. The van der Waals surface area contributed by atoms with Crippen molar-refractivity contribution in [3.05, 3.63) is 17.5 Å². The summed E-state index contributed by atoms with van der Waals surface area (Å²) >= 11 is 0. The molecule has 2 heterocycles. The molecule has 0 aromatic carbocycles. The second-order valence-electron chi connectivity index (χ2n) is 6.46. The molecule has 0 aliphatic carbocycles. The van der Waals surface area contributed by atoms with Gasteiger partial charge in [-0.2, -0.15) is 0 Å². The van der Waals surface area contributed by atoms with Crippen LogP contribution in [-0.4, -0.2) is 30.3 Å². The third-order valence-corrected chi connectivity index (χ3v) is 5.61. The smallest absolute Gasteiger partial charge is 0.226 e. The van der Waals surface area contributed by atoms with Gasteiger partial charge in [0.05, 0.1) is 11.2 Å². The van der Waals surface area contributed by atoms with E-state index in [4.69, 9.17) is 4.52 Å². The van der Waals surface area contributed by atoms with Crippen molar-refractivity contribution in [1.82, 2.24) is 10.1 Å². The Kier molecular flexibility index (Phi) is 3.13. The molecule has 1 unspecified atom stereocenters. The summed E-state index contributed by atoms with van der Waals surface area (Å²) in [5, 5.41) is 3.96. The number of aryl methyl sites for hydroxylation is 1. The van der Waals surface area contributed by atoms with Crippen LogP contribution < -0.4 is 0 Å². The summed E-state index contributed by atoms with van der Waals surface area (Å²) in [6.45, 7) is 12.6. The quantitative estimate of drug-likeness (QED) is 0.610. The molecule has 0 bridgehead atoms. The second-order valence-corrected chi connectivity index (χ2v) is 9.67. The Bertz CT molecular complexity index is 462. The molecule has 1 saturated heterocycles. The first-order valence-electron chi connectivity index (χ1n) is 6.50. The zero-order valence-electron chi connectivity index (χ0n) is 12.0. The minimum atomic E-state index is -1.04. The van der Waals surface area contributed by atoms with Crippen LogP contribution in [0, 0.1) is 6.92 Å². The lowest BCUT2D eigenvalue weighted by atomic mass is 9.90. The fraction of sp³-hybridized carbons (Fsp3) is 0.692. The number of hydrogen-bond acceptors (Lipinski definition) is 3. The maximum atomic E-state index is 12.3. The number of carbonyl (C=O) groups excluding carboxylic acids is 1. The van der Waals surface area contributed by atoms with E-state index in [2.05, 4.69) is 39.0 Å². The minimum absolute atomic E-state index is 0.0883. The average molecular weight is 266 g/mol. The van der Waals surface area contributed by atoms with Gasteiger partial charge in [0.15, 0.2) is 5.76 Å². The Morgan fingerprint density at radius 1 is 1.39 bits per heavy atom. The van der Waals surface area contributed by atoms with E-state index >= 15 is 0 Å². The first-order valence-corrected chi connectivity index (χ1v) is 9.47. The molecule has 100 valence electrons. The summed E-state index contributed by atoms with van der Waals surface area (Å²) in [7, 11) is -1.04. The van der Waals surface area contributed by atoms with E-state index in [0.717, 1.165) is 11.5 Å². The van der Waals surface area contributed by atoms with Gasteiger partial charge in [-0.15, -0.1) is 0 Å². The molecular formula is C13H22N2O2Si. The Morgan fingerprint density at radius 3 is 2.39 bits per heavy atom. The van der Waals surface area contributed by atoms with Crippen molar-refractivity contribution in [3.8, 4) is 0 Å². The van der Waals surface area contributed by atoms with Gasteiger partial charge in [-0.1, -0.05) is 18.3 Å². The van der Waals surface area contributed by atoms with Gasteiger partial charge >= 0.3 is 0 Å². The number of hydrogen-bond donors (Lipinski definition) is 0. The van der Waals surface area contributed by atoms with E-state index in [1.165, 1.54) is 0 Å². The highest BCUT2D eigenvalue weighted by molar-refractivity contribution is 6.63. The average Bonchev–Trinajstić information content (AvgIpc) is 2.57. The minimum Gasteiger partial charge on any atom is -0.359 e. The SMILES string of the molecule is Cc1cc([C@H]2C([SiH](C)C)C(=O)N2C(C)(C)C)on1. The van der Waals surface area contributed by atoms with Crippen molar-refractivity contribution < 1.29 is 9.32 Å². The normalized spacial score (nSPS) is 24.6. The molecule has 0 saturated carbocycles. The van der Waals surface area contributed by atoms with Gasteiger partial charge in [0, 0.05) is 20.4 Å². The third kappa shape index (κ3) is 2.00. The molecule has 1 aromatic rings. The summed E-state index contributed by atoms with van der Waals surface area (Å²) in [6.07, 6.45) is 0.